The lowest BCUT2D eigenvalue weighted by atomic mass is 10.3. The molecule has 6 nitrogen and oxygen atoms in total. The fourth-order valence-electron chi connectivity index (χ4n) is 2.31. The fourth-order valence-corrected chi connectivity index (χ4v) is 2.63. The number of likely N-dealkylation sites (tertiary alicyclic amines) is 1. The molecule has 0 amide bonds. The van der Waals surface area contributed by atoms with Crippen molar-refractivity contribution in [2.45, 2.75) is 25.8 Å². The molecule has 1 aliphatic rings. The highest BCUT2D eigenvalue weighted by Gasteiger charge is 2.19. The number of halogens is 1. The summed E-state index contributed by atoms with van der Waals surface area (Å²) in [7, 11) is 0. The minimum absolute atomic E-state index is 0.00245. The number of nitrogens with one attached hydrogen (secondary N) is 1. The van der Waals surface area contributed by atoms with Gasteiger partial charge in [0.15, 0.2) is 0 Å². The number of aromatic nitrogens is 1. The van der Waals surface area contributed by atoms with Gasteiger partial charge >= 0.3 is 5.69 Å². The molecule has 0 aliphatic carbocycles. The van der Waals surface area contributed by atoms with Crippen molar-refractivity contribution in [2.24, 2.45) is 0 Å². The predicted octanol–water partition coefficient (Wildman–Crippen LogP) is 2.65. The first kappa shape index (κ1) is 14.2. The maximum Gasteiger partial charge on any atom is 0.312 e. The fraction of sp³-hybridized carbons (Fsp3) is 0.583. The standard InChI is InChI=1S/C12H17BrN4O2/c1-9(8-16-4-2-3-5-16)15-12-11(17(18)19)6-10(13)7-14-12/h6-7,9H,2-5,8H2,1H3,(H,14,15). The van der Waals surface area contributed by atoms with Crippen molar-refractivity contribution in [3.8, 4) is 0 Å². The summed E-state index contributed by atoms with van der Waals surface area (Å²) in [6.07, 6.45) is 4.05. The van der Waals surface area contributed by atoms with Crippen LogP contribution in [0.2, 0.25) is 0 Å². The number of nitro groups is 1. The van der Waals surface area contributed by atoms with Gasteiger partial charge in [0.1, 0.15) is 0 Å². The van der Waals surface area contributed by atoms with Crippen LogP contribution in [0.1, 0.15) is 19.8 Å². The minimum atomic E-state index is -0.414. The Morgan fingerprint density at radius 2 is 2.26 bits per heavy atom. The maximum absolute atomic E-state index is 11.0. The van der Waals surface area contributed by atoms with E-state index in [1.54, 1.807) is 6.20 Å². The van der Waals surface area contributed by atoms with Gasteiger partial charge in [0.2, 0.25) is 5.82 Å². The lowest BCUT2D eigenvalue weighted by Gasteiger charge is -2.21. The minimum Gasteiger partial charge on any atom is -0.361 e. The van der Waals surface area contributed by atoms with Crippen molar-refractivity contribution in [1.82, 2.24) is 9.88 Å². The Hall–Kier alpha value is -1.21. The Kier molecular flexibility index (Phi) is 4.71. The molecule has 0 aromatic carbocycles. The van der Waals surface area contributed by atoms with E-state index >= 15 is 0 Å². The molecule has 1 atom stereocenters. The van der Waals surface area contributed by atoms with E-state index in [4.69, 9.17) is 0 Å². The number of pyridine rings is 1. The Morgan fingerprint density at radius 3 is 2.89 bits per heavy atom. The molecule has 0 bridgehead atoms. The van der Waals surface area contributed by atoms with E-state index in [2.05, 4.69) is 31.1 Å². The predicted molar refractivity (Wildman–Crippen MR) is 77.4 cm³/mol. The summed E-state index contributed by atoms with van der Waals surface area (Å²) in [5, 5.41) is 14.1. The van der Waals surface area contributed by atoms with E-state index in [1.165, 1.54) is 18.9 Å². The van der Waals surface area contributed by atoms with Gasteiger partial charge in [-0.25, -0.2) is 4.98 Å². The largest absolute Gasteiger partial charge is 0.361 e. The Labute approximate surface area is 120 Å². The lowest BCUT2D eigenvalue weighted by Crippen LogP contribution is -2.33. The molecule has 19 heavy (non-hydrogen) atoms. The number of anilines is 1. The average Bonchev–Trinajstić information content (AvgIpc) is 2.83. The van der Waals surface area contributed by atoms with Crippen molar-refractivity contribution in [3.63, 3.8) is 0 Å². The number of hydrogen-bond donors (Lipinski definition) is 1. The summed E-state index contributed by atoms with van der Waals surface area (Å²) in [4.78, 5) is 17.0. The molecule has 1 saturated heterocycles. The SMILES string of the molecule is CC(CN1CCCC1)Nc1ncc(Br)cc1[N+](=O)[O-]. The second-order valence-corrected chi connectivity index (χ2v) is 5.75. The van der Waals surface area contributed by atoms with Gasteiger partial charge in [-0.1, -0.05) is 0 Å². The molecule has 1 aliphatic heterocycles. The van der Waals surface area contributed by atoms with Crippen LogP contribution in [-0.4, -0.2) is 40.5 Å². The molecule has 0 spiro atoms. The van der Waals surface area contributed by atoms with Crippen molar-refractivity contribution in [1.29, 1.82) is 0 Å². The third-order valence-electron chi connectivity index (χ3n) is 3.14. The van der Waals surface area contributed by atoms with Crippen LogP contribution in [-0.2, 0) is 0 Å². The zero-order valence-corrected chi connectivity index (χ0v) is 12.4. The first-order valence-electron chi connectivity index (χ1n) is 6.35. The molecule has 1 aromatic heterocycles. The molecular formula is C12H17BrN4O2. The van der Waals surface area contributed by atoms with Gasteiger partial charge in [-0.05, 0) is 48.8 Å². The maximum atomic E-state index is 11.0. The summed E-state index contributed by atoms with van der Waals surface area (Å²) in [5.41, 5.74) is 0.00245. The topological polar surface area (TPSA) is 71.3 Å². The van der Waals surface area contributed by atoms with Crippen LogP contribution < -0.4 is 5.32 Å². The molecule has 2 heterocycles. The Morgan fingerprint density at radius 1 is 1.58 bits per heavy atom. The average molecular weight is 329 g/mol. The zero-order chi connectivity index (χ0) is 13.8. The Balaban J connectivity index is 2.03. The molecule has 7 heteroatoms. The molecule has 2 rings (SSSR count). The zero-order valence-electron chi connectivity index (χ0n) is 10.8. The van der Waals surface area contributed by atoms with Crippen LogP contribution in [0, 0.1) is 10.1 Å². The van der Waals surface area contributed by atoms with E-state index in [0.29, 0.717) is 10.3 Å². The van der Waals surface area contributed by atoms with E-state index in [9.17, 15) is 10.1 Å². The third-order valence-corrected chi connectivity index (χ3v) is 3.58. The molecule has 0 radical (unpaired) electrons. The van der Waals surface area contributed by atoms with E-state index in [1.807, 2.05) is 6.92 Å². The Bertz CT molecular complexity index is 463. The van der Waals surface area contributed by atoms with Gasteiger partial charge < -0.3 is 10.2 Å². The molecule has 0 saturated carbocycles. The first-order chi connectivity index (χ1) is 9.06. The number of rotatable bonds is 5. The van der Waals surface area contributed by atoms with Crippen LogP contribution >= 0.6 is 15.9 Å². The van der Waals surface area contributed by atoms with Crippen LogP contribution in [0.3, 0.4) is 0 Å². The van der Waals surface area contributed by atoms with Crippen LogP contribution in [0.25, 0.3) is 0 Å². The summed E-state index contributed by atoms with van der Waals surface area (Å²) in [6, 6.07) is 1.60. The lowest BCUT2D eigenvalue weighted by molar-refractivity contribution is -0.384. The van der Waals surface area contributed by atoms with E-state index < -0.39 is 4.92 Å². The van der Waals surface area contributed by atoms with E-state index in [-0.39, 0.29) is 11.7 Å². The van der Waals surface area contributed by atoms with Gasteiger partial charge in [0, 0.05) is 29.3 Å². The van der Waals surface area contributed by atoms with Gasteiger partial charge in [-0.2, -0.15) is 0 Å². The van der Waals surface area contributed by atoms with Gasteiger partial charge in [-0.3, -0.25) is 10.1 Å². The van der Waals surface area contributed by atoms with Crippen LogP contribution in [0.4, 0.5) is 11.5 Å². The number of hydrogen-bond acceptors (Lipinski definition) is 5. The highest BCUT2D eigenvalue weighted by atomic mass is 79.9. The van der Waals surface area contributed by atoms with Gasteiger partial charge in [0.25, 0.3) is 0 Å². The highest BCUT2D eigenvalue weighted by Crippen LogP contribution is 2.25. The monoisotopic (exact) mass is 328 g/mol. The number of nitrogens with zero attached hydrogens (tertiary/aromatic N) is 3. The summed E-state index contributed by atoms with van der Waals surface area (Å²) < 4.78 is 0.608. The molecule has 1 unspecified atom stereocenters. The van der Waals surface area contributed by atoms with Crippen molar-refractivity contribution < 1.29 is 4.92 Å². The third kappa shape index (κ3) is 3.87. The molecular weight excluding hydrogens is 312 g/mol. The van der Waals surface area contributed by atoms with Crippen LogP contribution in [0.15, 0.2) is 16.7 Å². The first-order valence-corrected chi connectivity index (χ1v) is 7.14. The van der Waals surface area contributed by atoms with Gasteiger partial charge in [-0.15, -0.1) is 0 Å². The summed E-state index contributed by atoms with van der Waals surface area (Å²) in [6.45, 7) is 5.13. The molecule has 1 fully saturated rings. The highest BCUT2D eigenvalue weighted by molar-refractivity contribution is 9.10. The summed E-state index contributed by atoms with van der Waals surface area (Å²) in [5.74, 6) is 0.333. The van der Waals surface area contributed by atoms with Crippen LogP contribution in [0.5, 0.6) is 0 Å². The quantitative estimate of drug-likeness (QED) is 0.664. The smallest absolute Gasteiger partial charge is 0.312 e. The van der Waals surface area contributed by atoms with Gasteiger partial charge in [0.05, 0.1) is 4.92 Å². The summed E-state index contributed by atoms with van der Waals surface area (Å²) >= 11 is 3.20. The van der Waals surface area contributed by atoms with Crippen molar-refractivity contribution in [2.75, 3.05) is 25.0 Å². The normalized spacial score (nSPS) is 17.4. The molecule has 104 valence electrons. The second kappa shape index (κ2) is 6.29. The molecule has 1 aromatic rings. The van der Waals surface area contributed by atoms with Crippen molar-refractivity contribution >= 4 is 27.4 Å². The molecule has 1 N–H and O–H groups in total. The van der Waals surface area contributed by atoms with E-state index in [0.717, 1.165) is 19.6 Å². The second-order valence-electron chi connectivity index (χ2n) is 4.83. The van der Waals surface area contributed by atoms with Crippen molar-refractivity contribution in [3.05, 3.63) is 26.9 Å².